The van der Waals surface area contributed by atoms with Gasteiger partial charge in [0.2, 0.25) is 0 Å². The van der Waals surface area contributed by atoms with Crippen molar-refractivity contribution < 1.29 is 9.53 Å². The van der Waals surface area contributed by atoms with Crippen LogP contribution in [0.1, 0.15) is 10.4 Å². The molecule has 0 unspecified atom stereocenters. The van der Waals surface area contributed by atoms with E-state index in [1.54, 1.807) is 18.2 Å². The summed E-state index contributed by atoms with van der Waals surface area (Å²) in [5, 5.41) is 0. The fourth-order valence-corrected chi connectivity index (χ4v) is 0.825. The van der Waals surface area contributed by atoms with E-state index in [0.29, 0.717) is 17.0 Å². The van der Waals surface area contributed by atoms with Crippen LogP contribution in [0.25, 0.3) is 0 Å². The molecule has 12 heavy (non-hydrogen) atoms. The molecule has 1 aromatic carbocycles. The average molecular weight is 188 g/mol. The molecule has 0 spiro atoms. The Labute approximate surface area is 76.9 Å². The van der Waals surface area contributed by atoms with Crippen molar-refractivity contribution in [2.75, 3.05) is 12.8 Å². The molecule has 0 bridgehead atoms. The number of hydrogen-bond donors (Lipinski definition) is 1. The molecule has 0 aliphatic carbocycles. The summed E-state index contributed by atoms with van der Waals surface area (Å²) in [5.74, 6) is 0.514. The summed E-state index contributed by atoms with van der Waals surface area (Å²) in [6.07, 6.45) is 0.734. The normalized spacial score (nSPS) is 8.42. The largest absolute Gasteiger partial charge is 0.496 e. The third-order valence-corrected chi connectivity index (χ3v) is 1.38. The third-order valence-electron chi connectivity index (χ3n) is 1.38. The van der Waals surface area contributed by atoms with Crippen LogP contribution in [0.3, 0.4) is 0 Å². The lowest BCUT2D eigenvalue weighted by atomic mass is 10.2. The molecule has 3 nitrogen and oxygen atoms in total. The van der Waals surface area contributed by atoms with Gasteiger partial charge in [0.25, 0.3) is 0 Å². The Morgan fingerprint density at radius 3 is 2.67 bits per heavy atom. The van der Waals surface area contributed by atoms with Gasteiger partial charge in [-0.3, -0.25) is 4.79 Å². The van der Waals surface area contributed by atoms with Crippen molar-refractivity contribution >= 4 is 24.4 Å². The molecule has 0 amide bonds. The van der Waals surface area contributed by atoms with Crippen molar-refractivity contribution in [3.63, 3.8) is 0 Å². The highest BCUT2D eigenvalue weighted by Gasteiger charge is 1.99. The SMILES string of the molecule is COc1cc(N)ccc1C=O.Cl. The van der Waals surface area contributed by atoms with Gasteiger partial charge in [0.15, 0.2) is 6.29 Å². The summed E-state index contributed by atoms with van der Waals surface area (Å²) in [4.78, 5) is 10.4. The van der Waals surface area contributed by atoms with Crippen molar-refractivity contribution in [2.45, 2.75) is 0 Å². The first-order valence-corrected chi connectivity index (χ1v) is 3.16. The number of anilines is 1. The summed E-state index contributed by atoms with van der Waals surface area (Å²) in [5.41, 5.74) is 6.57. The highest BCUT2D eigenvalue weighted by atomic mass is 35.5. The lowest BCUT2D eigenvalue weighted by molar-refractivity contribution is 0.112. The lowest BCUT2D eigenvalue weighted by Crippen LogP contribution is -1.92. The standard InChI is InChI=1S/C8H9NO2.ClH/c1-11-8-4-7(9)3-2-6(8)5-10;/h2-5H,9H2,1H3;1H. The fourth-order valence-electron chi connectivity index (χ4n) is 0.825. The second-order valence-corrected chi connectivity index (χ2v) is 2.12. The van der Waals surface area contributed by atoms with Gasteiger partial charge in [-0.25, -0.2) is 0 Å². The van der Waals surface area contributed by atoms with Gasteiger partial charge in [-0.2, -0.15) is 0 Å². The van der Waals surface area contributed by atoms with Crippen molar-refractivity contribution in [1.82, 2.24) is 0 Å². The summed E-state index contributed by atoms with van der Waals surface area (Å²) in [6.45, 7) is 0. The quantitative estimate of drug-likeness (QED) is 0.564. The number of carbonyl (C=O) groups is 1. The first-order chi connectivity index (χ1) is 5.27. The van der Waals surface area contributed by atoms with E-state index in [9.17, 15) is 4.79 Å². The number of nitrogen functional groups attached to an aromatic ring is 1. The minimum Gasteiger partial charge on any atom is -0.496 e. The van der Waals surface area contributed by atoms with Gasteiger partial charge in [0.05, 0.1) is 12.7 Å². The van der Waals surface area contributed by atoms with Crippen molar-refractivity contribution in [2.24, 2.45) is 0 Å². The Kier molecular flexibility index (Phi) is 4.15. The average Bonchev–Trinajstić information content (AvgIpc) is 2.04. The summed E-state index contributed by atoms with van der Waals surface area (Å²) in [6, 6.07) is 4.90. The number of benzene rings is 1. The molecule has 0 saturated carbocycles. The predicted octanol–water partition coefficient (Wildman–Crippen LogP) is 1.51. The van der Waals surface area contributed by atoms with Crippen LogP contribution in [0.4, 0.5) is 5.69 Å². The van der Waals surface area contributed by atoms with Crippen LogP contribution in [0.5, 0.6) is 5.75 Å². The maximum absolute atomic E-state index is 10.4. The van der Waals surface area contributed by atoms with E-state index < -0.39 is 0 Å². The fraction of sp³-hybridized carbons (Fsp3) is 0.125. The molecule has 0 radical (unpaired) electrons. The molecular formula is C8H10ClNO2. The minimum absolute atomic E-state index is 0. The molecule has 2 N–H and O–H groups in total. The van der Waals surface area contributed by atoms with Crippen LogP contribution < -0.4 is 10.5 Å². The van der Waals surface area contributed by atoms with Gasteiger partial charge in [-0.1, -0.05) is 0 Å². The van der Waals surface area contributed by atoms with Crippen LogP contribution in [0.15, 0.2) is 18.2 Å². The molecule has 0 heterocycles. The highest BCUT2D eigenvalue weighted by molar-refractivity contribution is 5.85. The highest BCUT2D eigenvalue weighted by Crippen LogP contribution is 2.18. The molecule has 0 aliphatic heterocycles. The van der Waals surface area contributed by atoms with Crippen molar-refractivity contribution in [1.29, 1.82) is 0 Å². The molecule has 1 rings (SSSR count). The first-order valence-electron chi connectivity index (χ1n) is 3.16. The topological polar surface area (TPSA) is 52.3 Å². The van der Waals surface area contributed by atoms with Crippen LogP contribution in [0, 0.1) is 0 Å². The van der Waals surface area contributed by atoms with Crippen LogP contribution in [-0.4, -0.2) is 13.4 Å². The van der Waals surface area contributed by atoms with Gasteiger partial charge in [-0.05, 0) is 12.1 Å². The minimum atomic E-state index is 0. The second-order valence-electron chi connectivity index (χ2n) is 2.12. The zero-order valence-corrected chi connectivity index (χ0v) is 7.43. The van der Waals surface area contributed by atoms with Gasteiger partial charge in [-0.15, -0.1) is 12.4 Å². The van der Waals surface area contributed by atoms with E-state index in [0.717, 1.165) is 6.29 Å². The molecule has 66 valence electrons. The number of methoxy groups -OCH3 is 1. The molecule has 0 aliphatic rings. The van der Waals surface area contributed by atoms with Gasteiger partial charge in [0.1, 0.15) is 5.75 Å². The predicted molar refractivity (Wildman–Crippen MR) is 50.0 cm³/mol. The van der Waals surface area contributed by atoms with Crippen LogP contribution in [-0.2, 0) is 0 Å². The number of nitrogens with two attached hydrogens (primary N) is 1. The number of rotatable bonds is 2. The Bertz CT molecular complexity index is 276. The van der Waals surface area contributed by atoms with E-state index in [2.05, 4.69) is 0 Å². The molecule has 1 aromatic rings. The van der Waals surface area contributed by atoms with Gasteiger partial charge >= 0.3 is 0 Å². The van der Waals surface area contributed by atoms with E-state index in [-0.39, 0.29) is 12.4 Å². The molecule has 0 saturated heterocycles. The zero-order chi connectivity index (χ0) is 8.27. The lowest BCUT2D eigenvalue weighted by Gasteiger charge is -2.02. The monoisotopic (exact) mass is 187 g/mol. The van der Waals surface area contributed by atoms with Crippen molar-refractivity contribution in [3.8, 4) is 5.75 Å². The zero-order valence-electron chi connectivity index (χ0n) is 6.61. The van der Waals surface area contributed by atoms with Crippen molar-refractivity contribution in [3.05, 3.63) is 23.8 Å². The number of carbonyl (C=O) groups excluding carboxylic acids is 1. The number of aldehydes is 1. The summed E-state index contributed by atoms with van der Waals surface area (Å²) >= 11 is 0. The molecule has 0 atom stereocenters. The molecule has 4 heteroatoms. The number of hydrogen-bond acceptors (Lipinski definition) is 3. The van der Waals surface area contributed by atoms with E-state index in [1.165, 1.54) is 7.11 Å². The maximum Gasteiger partial charge on any atom is 0.153 e. The van der Waals surface area contributed by atoms with E-state index in [1.807, 2.05) is 0 Å². The Hall–Kier alpha value is -1.22. The van der Waals surface area contributed by atoms with E-state index >= 15 is 0 Å². The van der Waals surface area contributed by atoms with Gasteiger partial charge < -0.3 is 10.5 Å². The summed E-state index contributed by atoms with van der Waals surface area (Å²) < 4.78 is 4.91. The van der Waals surface area contributed by atoms with E-state index in [4.69, 9.17) is 10.5 Å². The Morgan fingerprint density at radius 2 is 2.17 bits per heavy atom. The Morgan fingerprint density at radius 1 is 1.50 bits per heavy atom. The smallest absolute Gasteiger partial charge is 0.153 e. The van der Waals surface area contributed by atoms with Crippen LogP contribution in [0.2, 0.25) is 0 Å². The van der Waals surface area contributed by atoms with Gasteiger partial charge in [0, 0.05) is 11.8 Å². The molecular weight excluding hydrogens is 178 g/mol. The number of halogens is 1. The third kappa shape index (κ3) is 2.13. The molecule has 0 aromatic heterocycles. The Balaban J connectivity index is 0.00000121. The summed E-state index contributed by atoms with van der Waals surface area (Å²) in [7, 11) is 1.50. The van der Waals surface area contributed by atoms with Crippen LogP contribution >= 0.6 is 12.4 Å². The first kappa shape index (κ1) is 10.8. The maximum atomic E-state index is 10.4. The number of ether oxygens (including phenoxy) is 1. The second kappa shape index (κ2) is 4.62. The molecule has 0 fully saturated rings.